The summed E-state index contributed by atoms with van der Waals surface area (Å²) in [4.78, 5) is 14.3. The molecule has 0 unspecified atom stereocenters. The smallest absolute Gasteiger partial charge is 0.223 e. The number of amides is 1. The first kappa shape index (κ1) is 18.3. The minimum atomic E-state index is -0.0952. The van der Waals surface area contributed by atoms with Crippen LogP contribution in [0.2, 0.25) is 0 Å². The van der Waals surface area contributed by atoms with Gasteiger partial charge in [0.15, 0.2) is 0 Å². The van der Waals surface area contributed by atoms with E-state index in [1.54, 1.807) is 11.8 Å². The van der Waals surface area contributed by atoms with Gasteiger partial charge in [0.25, 0.3) is 0 Å². The Balaban J connectivity index is 1.87. The SMILES string of the molecule is CSCCC(=O)N1CCC[C@](CO)(CCCc2ccccc2)C1. The number of rotatable bonds is 8. The van der Waals surface area contributed by atoms with E-state index >= 15 is 0 Å². The van der Waals surface area contributed by atoms with E-state index in [4.69, 9.17) is 0 Å². The summed E-state index contributed by atoms with van der Waals surface area (Å²) in [6.45, 7) is 1.77. The highest BCUT2D eigenvalue weighted by Crippen LogP contribution is 2.35. The van der Waals surface area contributed by atoms with Gasteiger partial charge in [-0.2, -0.15) is 11.8 Å². The number of benzene rings is 1. The number of likely N-dealkylation sites (tertiary alicyclic amines) is 1. The molecule has 2 rings (SSSR count). The number of carbonyl (C=O) groups is 1. The molecule has 0 bridgehead atoms. The van der Waals surface area contributed by atoms with Crippen molar-refractivity contribution in [2.45, 2.75) is 38.5 Å². The zero-order chi connectivity index (χ0) is 16.5. The van der Waals surface area contributed by atoms with Crippen LogP contribution in [0.15, 0.2) is 30.3 Å². The third-order valence-corrected chi connectivity index (χ3v) is 5.50. The topological polar surface area (TPSA) is 40.5 Å². The number of piperidine rings is 1. The number of hydrogen-bond donors (Lipinski definition) is 1. The quantitative estimate of drug-likeness (QED) is 0.792. The molecule has 1 aliphatic heterocycles. The second kappa shape index (κ2) is 9.33. The van der Waals surface area contributed by atoms with E-state index in [1.165, 1.54) is 5.56 Å². The third-order valence-electron chi connectivity index (χ3n) is 4.88. The summed E-state index contributed by atoms with van der Waals surface area (Å²) >= 11 is 1.71. The van der Waals surface area contributed by atoms with Gasteiger partial charge in [0.2, 0.25) is 5.91 Å². The van der Waals surface area contributed by atoms with E-state index in [9.17, 15) is 9.90 Å². The highest BCUT2D eigenvalue weighted by atomic mass is 32.2. The van der Waals surface area contributed by atoms with Gasteiger partial charge in [-0.15, -0.1) is 0 Å². The lowest BCUT2D eigenvalue weighted by atomic mass is 9.76. The van der Waals surface area contributed by atoms with Crippen molar-refractivity contribution in [2.75, 3.05) is 31.7 Å². The van der Waals surface area contributed by atoms with Crippen LogP contribution in [0.25, 0.3) is 0 Å². The molecule has 0 saturated carbocycles. The maximum atomic E-state index is 12.3. The van der Waals surface area contributed by atoms with Crippen LogP contribution < -0.4 is 0 Å². The molecule has 1 N–H and O–H groups in total. The van der Waals surface area contributed by atoms with Crippen LogP contribution >= 0.6 is 11.8 Å². The van der Waals surface area contributed by atoms with Crippen molar-refractivity contribution >= 4 is 17.7 Å². The summed E-state index contributed by atoms with van der Waals surface area (Å²) in [5, 5.41) is 9.97. The van der Waals surface area contributed by atoms with Crippen molar-refractivity contribution in [3.8, 4) is 0 Å². The van der Waals surface area contributed by atoms with Gasteiger partial charge in [0, 0.05) is 30.7 Å². The van der Waals surface area contributed by atoms with E-state index in [-0.39, 0.29) is 17.9 Å². The van der Waals surface area contributed by atoms with Crippen molar-refractivity contribution in [1.29, 1.82) is 0 Å². The maximum absolute atomic E-state index is 12.3. The van der Waals surface area contributed by atoms with Gasteiger partial charge < -0.3 is 10.0 Å². The Bertz CT molecular complexity index is 480. The number of thioether (sulfide) groups is 1. The molecule has 0 spiro atoms. The van der Waals surface area contributed by atoms with Gasteiger partial charge in [-0.3, -0.25) is 4.79 Å². The lowest BCUT2D eigenvalue weighted by molar-refractivity contribution is -0.135. The Morgan fingerprint density at radius 1 is 1.35 bits per heavy atom. The first-order chi connectivity index (χ1) is 11.2. The van der Waals surface area contributed by atoms with E-state index in [0.717, 1.165) is 50.9 Å². The fraction of sp³-hybridized carbons (Fsp3) is 0.632. The Kier molecular flexibility index (Phi) is 7.44. The van der Waals surface area contributed by atoms with Gasteiger partial charge >= 0.3 is 0 Å². The number of aliphatic hydroxyl groups excluding tert-OH is 1. The summed E-state index contributed by atoms with van der Waals surface area (Å²) < 4.78 is 0. The van der Waals surface area contributed by atoms with Crippen LogP contribution in [0.3, 0.4) is 0 Å². The summed E-state index contributed by atoms with van der Waals surface area (Å²) in [5.41, 5.74) is 1.26. The Hall–Kier alpha value is -1.00. The molecule has 1 saturated heterocycles. The number of aryl methyl sites for hydroxylation is 1. The predicted octanol–water partition coefficient (Wildman–Crippen LogP) is 3.36. The largest absolute Gasteiger partial charge is 0.396 e. The summed E-state index contributed by atoms with van der Waals surface area (Å²) in [7, 11) is 0. The van der Waals surface area contributed by atoms with Crippen LogP contribution in [0.4, 0.5) is 0 Å². The molecule has 0 aromatic heterocycles. The van der Waals surface area contributed by atoms with Crippen LogP contribution in [0.1, 0.15) is 37.7 Å². The van der Waals surface area contributed by atoms with Crippen molar-refractivity contribution in [3.05, 3.63) is 35.9 Å². The van der Waals surface area contributed by atoms with E-state index in [1.807, 2.05) is 17.2 Å². The zero-order valence-corrected chi connectivity index (χ0v) is 15.0. The lowest BCUT2D eigenvalue weighted by Gasteiger charge is -2.42. The van der Waals surface area contributed by atoms with Crippen LogP contribution in [-0.2, 0) is 11.2 Å². The molecular weight excluding hydrogens is 306 g/mol. The average molecular weight is 336 g/mol. The van der Waals surface area contributed by atoms with Crippen LogP contribution in [0, 0.1) is 5.41 Å². The Morgan fingerprint density at radius 2 is 2.13 bits per heavy atom. The van der Waals surface area contributed by atoms with Crippen molar-refractivity contribution in [1.82, 2.24) is 4.90 Å². The van der Waals surface area contributed by atoms with Crippen molar-refractivity contribution in [3.63, 3.8) is 0 Å². The highest BCUT2D eigenvalue weighted by molar-refractivity contribution is 7.98. The van der Waals surface area contributed by atoms with Gasteiger partial charge in [-0.1, -0.05) is 30.3 Å². The Labute approximate surface area is 144 Å². The zero-order valence-electron chi connectivity index (χ0n) is 14.2. The highest BCUT2D eigenvalue weighted by Gasteiger charge is 2.35. The molecule has 23 heavy (non-hydrogen) atoms. The minimum absolute atomic E-state index is 0.0952. The average Bonchev–Trinajstić information content (AvgIpc) is 2.61. The van der Waals surface area contributed by atoms with Crippen molar-refractivity contribution in [2.24, 2.45) is 5.41 Å². The molecule has 1 aromatic rings. The molecule has 0 radical (unpaired) electrons. The fourth-order valence-electron chi connectivity index (χ4n) is 3.49. The molecule has 128 valence electrons. The molecule has 1 amide bonds. The first-order valence-electron chi connectivity index (χ1n) is 8.61. The second-order valence-corrected chi connectivity index (χ2v) is 7.64. The third kappa shape index (κ3) is 5.54. The van der Waals surface area contributed by atoms with E-state index in [2.05, 4.69) is 24.3 Å². The second-order valence-electron chi connectivity index (χ2n) is 6.66. The fourth-order valence-corrected chi connectivity index (χ4v) is 3.87. The summed E-state index contributed by atoms with van der Waals surface area (Å²) in [5.74, 6) is 1.13. The van der Waals surface area contributed by atoms with Gasteiger partial charge in [-0.25, -0.2) is 0 Å². The van der Waals surface area contributed by atoms with Gasteiger partial charge in [0.05, 0.1) is 6.61 Å². The van der Waals surface area contributed by atoms with E-state index in [0.29, 0.717) is 6.42 Å². The molecule has 1 aliphatic rings. The Morgan fingerprint density at radius 3 is 2.83 bits per heavy atom. The molecule has 1 heterocycles. The van der Waals surface area contributed by atoms with Crippen LogP contribution in [-0.4, -0.2) is 47.6 Å². The molecule has 1 atom stereocenters. The number of aliphatic hydroxyl groups is 1. The monoisotopic (exact) mass is 335 g/mol. The number of carbonyl (C=O) groups excluding carboxylic acids is 1. The maximum Gasteiger partial charge on any atom is 0.223 e. The molecule has 1 fully saturated rings. The summed E-state index contributed by atoms with van der Waals surface area (Å²) in [6.07, 6.45) is 7.80. The normalized spacial score (nSPS) is 21.4. The van der Waals surface area contributed by atoms with Crippen LogP contribution in [0.5, 0.6) is 0 Å². The van der Waals surface area contributed by atoms with Gasteiger partial charge in [-0.05, 0) is 43.9 Å². The number of hydrogen-bond acceptors (Lipinski definition) is 3. The number of nitrogens with zero attached hydrogens (tertiary/aromatic N) is 1. The minimum Gasteiger partial charge on any atom is -0.396 e. The van der Waals surface area contributed by atoms with Gasteiger partial charge in [0.1, 0.15) is 0 Å². The molecule has 3 nitrogen and oxygen atoms in total. The molecule has 0 aliphatic carbocycles. The molecular formula is C19H29NO2S. The predicted molar refractivity (Wildman–Crippen MR) is 97.7 cm³/mol. The standard InChI is InChI=1S/C19H29NO2S/c1-23-14-10-18(22)20-13-6-12-19(15-20,16-21)11-5-9-17-7-3-2-4-8-17/h2-4,7-8,21H,5-6,9-16H2,1H3/t19-/m1/s1. The molecule has 4 heteroatoms. The summed E-state index contributed by atoms with van der Waals surface area (Å²) in [6, 6.07) is 10.5. The van der Waals surface area contributed by atoms with Crippen molar-refractivity contribution < 1.29 is 9.90 Å². The lowest BCUT2D eigenvalue weighted by Crippen LogP contribution is -2.48. The molecule has 1 aromatic carbocycles. The first-order valence-corrected chi connectivity index (χ1v) is 10.00. The van der Waals surface area contributed by atoms with E-state index < -0.39 is 0 Å².